The number of para-hydroxylation sites is 1. The average molecular weight is 289 g/mol. The minimum atomic E-state index is 0.0561. The maximum absolute atomic E-state index is 12.8. The standard InChI is InChI=1S/C20H19NO/c1-2-3-6-15-9-11-16(12-10-15)20(22)18-13-14-21-19-8-5-4-7-17(18)19/h4-5,7-14H,2-3,6H2,1H3. The number of carbonyl (C=O) groups excluding carboxylic acids is 1. The molecule has 0 atom stereocenters. The number of rotatable bonds is 5. The smallest absolute Gasteiger partial charge is 0.193 e. The van der Waals surface area contributed by atoms with Gasteiger partial charge in [-0.2, -0.15) is 0 Å². The molecule has 3 rings (SSSR count). The third kappa shape index (κ3) is 2.91. The summed E-state index contributed by atoms with van der Waals surface area (Å²) in [7, 11) is 0. The zero-order valence-corrected chi connectivity index (χ0v) is 12.8. The molecule has 0 fully saturated rings. The van der Waals surface area contributed by atoms with E-state index in [9.17, 15) is 4.79 Å². The number of ketones is 1. The van der Waals surface area contributed by atoms with Crippen molar-refractivity contribution >= 4 is 16.7 Å². The lowest BCUT2D eigenvalue weighted by molar-refractivity contribution is 0.104. The summed E-state index contributed by atoms with van der Waals surface area (Å²) < 4.78 is 0. The van der Waals surface area contributed by atoms with E-state index in [1.54, 1.807) is 12.3 Å². The van der Waals surface area contributed by atoms with Crippen LogP contribution in [0.3, 0.4) is 0 Å². The van der Waals surface area contributed by atoms with Crippen molar-refractivity contribution in [1.29, 1.82) is 0 Å². The summed E-state index contributed by atoms with van der Waals surface area (Å²) in [5, 5.41) is 0.907. The number of carbonyl (C=O) groups is 1. The van der Waals surface area contributed by atoms with Gasteiger partial charge in [0.05, 0.1) is 5.52 Å². The summed E-state index contributed by atoms with van der Waals surface area (Å²) in [4.78, 5) is 17.1. The molecule has 0 radical (unpaired) electrons. The Morgan fingerprint density at radius 2 is 1.77 bits per heavy atom. The topological polar surface area (TPSA) is 30.0 Å². The van der Waals surface area contributed by atoms with E-state index in [0.717, 1.165) is 22.9 Å². The second kappa shape index (κ2) is 6.52. The maximum Gasteiger partial charge on any atom is 0.193 e. The van der Waals surface area contributed by atoms with Crippen molar-refractivity contribution in [3.63, 3.8) is 0 Å². The van der Waals surface area contributed by atoms with Crippen LogP contribution in [0, 0.1) is 0 Å². The highest BCUT2D eigenvalue weighted by Crippen LogP contribution is 2.20. The fourth-order valence-electron chi connectivity index (χ4n) is 2.65. The fraction of sp³-hybridized carbons (Fsp3) is 0.200. The number of aryl methyl sites for hydroxylation is 1. The molecule has 0 saturated carbocycles. The van der Waals surface area contributed by atoms with Gasteiger partial charge in [-0.15, -0.1) is 0 Å². The molecule has 0 spiro atoms. The van der Waals surface area contributed by atoms with Crippen LogP contribution in [0.5, 0.6) is 0 Å². The van der Waals surface area contributed by atoms with Gasteiger partial charge in [-0.1, -0.05) is 55.8 Å². The predicted molar refractivity (Wildman–Crippen MR) is 90.2 cm³/mol. The van der Waals surface area contributed by atoms with Crippen molar-refractivity contribution < 1.29 is 4.79 Å². The minimum absolute atomic E-state index is 0.0561. The molecular formula is C20H19NO. The second-order valence-electron chi connectivity index (χ2n) is 5.51. The number of benzene rings is 2. The van der Waals surface area contributed by atoms with Crippen molar-refractivity contribution in [3.05, 3.63) is 77.5 Å². The van der Waals surface area contributed by atoms with Crippen molar-refractivity contribution in [1.82, 2.24) is 4.98 Å². The van der Waals surface area contributed by atoms with Crippen LogP contribution >= 0.6 is 0 Å². The summed E-state index contributed by atoms with van der Waals surface area (Å²) in [5.41, 5.74) is 3.59. The highest BCUT2D eigenvalue weighted by molar-refractivity contribution is 6.15. The van der Waals surface area contributed by atoms with E-state index in [4.69, 9.17) is 0 Å². The van der Waals surface area contributed by atoms with Crippen LogP contribution in [0.2, 0.25) is 0 Å². The zero-order valence-electron chi connectivity index (χ0n) is 12.8. The quantitative estimate of drug-likeness (QED) is 0.631. The molecule has 2 nitrogen and oxygen atoms in total. The number of nitrogens with zero attached hydrogens (tertiary/aromatic N) is 1. The van der Waals surface area contributed by atoms with E-state index in [1.165, 1.54) is 18.4 Å². The van der Waals surface area contributed by atoms with Gasteiger partial charge < -0.3 is 0 Å². The summed E-state index contributed by atoms with van der Waals surface area (Å²) in [5.74, 6) is 0.0561. The maximum atomic E-state index is 12.8. The van der Waals surface area contributed by atoms with Crippen LogP contribution in [0.1, 0.15) is 41.3 Å². The third-order valence-electron chi connectivity index (χ3n) is 3.93. The van der Waals surface area contributed by atoms with Gasteiger partial charge in [-0.25, -0.2) is 0 Å². The predicted octanol–water partition coefficient (Wildman–Crippen LogP) is 4.81. The molecular weight excluding hydrogens is 270 g/mol. The lowest BCUT2D eigenvalue weighted by atomic mass is 9.98. The first kappa shape index (κ1) is 14.5. The van der Waals surface area contributed by atoms with Crippen LogP contribution in [0.25, 0.3) is 10.9 Å². The molecule has 0 aliphatic carbocycles. The van der Waals surface area contributed by atoms with Crippen LogP contribution in [-0.4, -0.2) is 10.8 Å². The Hall–Kier alpha value is -2.48. The van der Waals surface area contributed by atoms with E-state index in [1.807, 2.05) is 36.4 Å². The van der Waals surface area contributed by atoms with Crippen LogP contribution in [0.15, 0.2) is 60.8 Å². The van der Waals surface area contributed by atoms with Gasteiger partial charge in [-0.05, 0) is 30.5 Å². The van der Waals surface area contributed by atoms with Crippen molar-refractivity contribution in [2.24, 2.45) is 0 Å². The molecule has 22 heavy (non-hydrogen) atoms. The third-order valence-corrected chi connectivity index (χ3v) is 3.93. The van der Waals surface area contributed by atoms with Gasteiger partial charge in [0.15, 0.2) is 5.78 Å². The van der Waals surface area contributed by atoms with Crippen molar-refractivity contribution in [3.8, 4) is 0 Å². The highest BCUT2D eigenvalue weighted by Gasteiger charge is 2.12. The fourth-order valence-corrected chi connectivity index (χ4v) is 2.65. The second-order valence-corrected chi connectivity index (χ2v) is 5.51. The Bertz CT molecular complexity index is 785. The number of aromatic nitrogens is 1. The van der Waals surface area contributed by atoms with Crippen LogP contribution in [0.4, 0.5) is 0 Å². The van der Waals surface area contributed by atoms with Crippen molar-refractivity contribution in [2.75, 3.05) is 0 Å². The van der Waals surface area contributed by atoms with Crippen LogP contribution < -0.4 is 0 Å². The Morgan fingerprint density at radius 1 is 1.00 bits per heavy atom. The molecule has 0 unspecified atom stereocenters. The molecule has 110 valence electrons. The molecule has 2 aromatic carbocycles. The average Bonchev–Trinajstić information content (AvgIpc) is 2.59. The van der Waals surface area contributed by atoms with E-state index in [0.29, 0.717) is 5.56 Å². The zero-order chi connectivity index (χ0) is 15.4. The van der Waals surface area contributed by atoms with Gasteiger partial charge in [0.25, 0.3) is 0 Å². The minimum Gasteiger partial charge on any atom is -0.289 e. The molecule has 0 N–H and O–H groups in total. The first-order chi connectivity index (χ1) is 10.8. The summed E-state index contributed by atoms with van der Waals surface area (Å²) in [6.07, 6.45) is 5.14. The van der Waals surface area contributed by atoms with E-state index < -0.39 is 0 Å². The lowest BCUT2D eigenvalue weighted by Crippen LogP contribution is -2.03. The van der Waals surface area contributed by atoms with E-state index in [-0.39, 0.29) is 5.78 Å². The summed E-state index contributed by atoms with van der Waals surface area (Å²) in [6.45, 7) is 2.19. The molecule has 0 bridgehead atoms. The number of hydrogen-bond donors (Lipinski definition) is 0. The van der Waals surface area contributed by atoms with Crippen molar-refractivity contribution in [2.45, 2.75) is 26.2 Å². The molecule has 0 aliphatic heterocycles. The molecule has 0 aliphatic rings. The van der Waals surface area contributed by atoms with Gasteiger partial charge >= 0.3 is 0 Å². The molecule has 3 aromatic rings. The number of unbranched alkanes of at least 4 members (excludes halogenated alkanes) is 1. The number of hydrogen-bond acceptors (Lipinski definition) is 2. The molecule has 2 heteroatoms. The van der Waals surface area contributed by atoms with Gasteiger partial charge in [-0.3, -0.25) is 9.78 Å². The number of pyridine rings is 1. The monoisotopic (exact) mass is 289 g/mol. The molecule has 1 aromatic heterocycles. The largest absolute Gasteiger partial charge is 0.289 e. The molecule has 0 amide bonds. The van der Waals surface area contributed by atoms with E-state index in [2.05, 4.69) is 24.0 Å². The van der Waals surface area contributed by atoms with Gasteiger partial charge in [0, 0.05) is 22.7 Å². The molecule has 1 heterocycles. The Balaban J connectivity index is 1.92. The highest BCUT2D eigenvalue weighted by atomic mass is 16.1. The molecule has 0 saturated heterocycles. The normalized spacial score (nSPS) is 10.8. The first-order valence-corrected chi connectivity index (χ1v) is 7.77. The first-order valence-electron chi connectivity index (χ1n) is 7.77. The lowest BCUT2D eigenvalue weighted by Gasteiger charge is -2.06. The SMILES string of the molecule is CCCCc1ccc(C(=O)c2ccnc3ccccc23)cc1. The van der Waals surface area contributed by atoms with E-state index >= 15 is 0 Å². The Morgan fingerprint density at radius 3 is 2.55 bits per heavy atom. The van der Waals surface area contributed by atoms with Crippen LogP contribution in [-0.2, 0) is 6.42 Å². The summed E-state index contributed by atoms with van der Waals surface area (Å²) in [6, 6.07) is 17.5. The Labute approximate surface area is 130 Å². The number of fused-ring (bicyclic) bond motifs is 1. The van der Waals surface area contributed by atoms with Gasteiger partial charge in [0.2, 0.25) is 0 Å². The van der Waals surface area contributed by atoms with Gasteiger partial charge in [0.1, 0.15) is 0 Å². The Kier molecular flexibility index (Phi) is 4.29. The summed E-state index contributed by atoms with van der Waals surface area (Å²) >= 11 is 0.